The lowest BCUT2D eigenvalue weighted by Crippen LogP contribution is -2.41. The second kappa shape index (κ2) is 12.4. The Bertz CT molecular complexity index is 988. The maximum atomic E-state index is 12.7. The second-order valence-electron chi connectivity index (χ2n) is 7.20. The molecule has 32 heavy (non-hydrogen) atoms. The Morgan fingerprint density at radius 1 is 1.19 bits per heavy atom. The molecule has 170 valence electrons. The normalized spacial score (nSPS) is 10.8. The monoisotopic (exact) mass is 472 g/mol. The number of thiophene rings is 1. The molecule has 2 heterocycles. The highest BCUT2D eigenvalue weighted by atomic mass is 32.2. The fraction of sp³-hybridized carbons (Fsp3) is 0.409. The lowest BCUT2D eigenvalue weighted by molar-refractivity contribution is -0.133. The van der Waals surface area contributed by atoms with Gasteiger partial charge in [-0.1, -0.05) is 43.3 Å². The van der Waals surface area contributed by atoms with Crippen LogP contribution in [0.25, 0.3) is 5.69 Å². The largest absolute Gasteiger partial charge is 0.350 e. The van der Waals surface area contributed by atoms with Crippen LogP contribution >= 0.6 is 23.1 Å². The number of likely N-dealkylation sites (N-methyl/N-ethyl adjacent to an activating group) is 1. The van der Waals surface area contributed by atoms with E-state index >= 15 is 0 Å². The first-order valence-corrected chi connectivity index (χ1v) is 12.5. The van der Waals surface area contributed by atoms with Gasteiger partial charge in [0.15, 0.2) is 0 Å². The van der Waals surface area contributed by atoms with Crippen molar-refractivity contribution < 1.29 is 9.59 Å². The summed E-state index contributed by atoms with van der Waals surface area (Å²) in [5.74, 6) is -0.152. The number of rotatable bonds is 12. The summed E-state index contributed by atoms with van der Waals surface area (Å²) in [5.41, 5.74) is 2.13. The van der Waals surface area contributed by atoms with Crippen LogP contribution < -0.4 is 5.32 Å². The van der Waals surface area contributed by atoms with Crippen molar-refractivity contribution in [1.29, 1.82) is 0 Å². The van der Waals surface area contributed by atoms with E-state index in [9.17, 15) is 9.59 Å². The van der Waals surface area contributed by atoms with Gasteiger partial charge in [-0.25, -0.2) is 0 Å². The lowest BCUT2D eigenvalue weighted by Gasteiger charge is -2.20. The maximum Gasteiger partial charge on any atom is 0.239 e. The van der Waals surface area contributed by atoms with Gasteiger partial charge in [-0.3, -0.25) is 9.59 Å². The maximum absolute atomic E-state index is 12.7. The highest BCUT2D eigenvalue weighted by Gasteiger charge is 2.18. The summed E-state index contributed by atoms with van der Waals surface area (Å²) in [6.45, 7) is 5.00. The molecule has 2 amide bonds. The van der Waals surface area contributed by atoms with Gasteiger partial charge in [-0.2, -0.15) is 4.68 Å². The number of hydrogen-bond acceptors (Lipinski definition) is 7. The van der Waals surface area contributed by atoms with E-state index in [1.54, 1.807) is 16.0 Å². The standard InChI is InChI=1S/C22H28N6O2S2/c1-3-5-7-17-9-11-18(12-10-17)28-22(24-25-26-28)32-16-21(30)27(4-2)15-20(29)23-14-19-8-6-13-31-19/h6,8-13H,3-5,7,14-16H2,1-2H3,(H,23,29). The van der Waals surface area contributed by atoms with Crippen molar-refractivity contribution in [3.05, 3.63) is 52.2 Å². The van der Waals surface area contributed by atoms with E-state index < -0.39 is 0 Å². The molecule has 1 aromatic carbocycles. The Labute approximate surface area is 196 Å². The first kappa shape index (κ1) is 23.9. The predicted molar refractivity (Wildman–Crippen MR) is 127 cm³/mol. The van der Waals surface area contributed by atoms with Gasteiger partial charge in [0.25, 0.3) is 0 Å². The first-order chi connectivity index (χ1) is 15.6. The van der Waals surface area contributed by atoms with Gasteiger partial charge in [0, 0.05) is 11.4 Å². The zero-order valence-corrected chi connectivity index (χ0v) is 20.0. The van der Waals surface area contributed by atoms with Crippen molar-refractivity contribution in [3.8, 4) is 5.69 Å². The summed E-state index contributed by atoms with van der Waals surface area (Å²) in [6.07, 6.45) is 3.37. The van der Waals surface area contributed by atoms with Gasteiger partial charge in [0.1, 0.15) is 0 Å². The smallest absolute Gasteiger partial charge is 0.239 e. The van der Waals surface area contributed by atoms with Crippen molar-refractivity contribution in [2.75, 3.05) is 18.8 Å². The van der Waals surface area contributed by atoms with Crippen LogP contribution in [0.4, 0.5) is 0 Å². The predicted octanol–water partition coefficient (Wildman–Crippen LogP) is 3.32. The molecule has 1 N–H and O–H groups in total. The summed E-state index contributed by atoms with van der Waals surface area (Å²) in [4.78, 5) is 27.5. The number of carbonyl (C=O) groups excluding carboxylic acids is 2. The zero-order chi connectivity index (χ0) is 22.8. The number of nitrogens with one attached hydrogen (secondary N) is 1. The van der Waals surface area contributed by atoms with E-state index in [0.717, 1.165) is 29.8 Å². The highest BCUT2D eigenvalue weighted by Crippen LogP contribution is 2.19. The molecule has 0 aliphatic heterocycles. The highest BCUT2D eigenvalue weighted by molar-refractivity contribution is 7.99. The van der Waals surface area contributed by atoms with Crippen LogP contribution in [0.5, 0.6) is 0 Å². The number of thioether (sulfide) groups is 1. The van der Waals surface area contributed by atoms with E-state index in [1.165, 1.54) is 22.2 Å². The fourth-order valence-corrected chi connectivity index (χ4v) is 4.48. The van der Waals surface area contributed by atoms with Gasteiger partial charge in [-0.05, 0) is 59.3 Å². The van der Waals surface area contributed by atoms with Crippen LogP contribution in [-0.4, -0.2) is 55.8 Å². The Morgan fingerprint density at radius 2 is 2.00 bits per heavy atom. The Kier molecular flexibility index (Phi) is 9.24. The van der Waals surface area contributed by atoms with E-state index in [4.69, 9.17) is 0 Å². The average Bonchev–Trinajstić information content (AvgIpc) is 3.50. The van der Waals surface area contributed by atoms with Crippen molar-refractivity contribution in [3.63, 3.8) is 0 Å². The molecule has 3 aromatic rings. The van der Waals surface area contributed by atoms with Gasteiger partial charge in [-0.15, -0.1) is 16.4 Å². The molecule has 0 atom stereocenters. The number of amides is 2. The number of nitrogens with zero attached hydrogens (tertiary/aromatic N) is 5. The Hall–Kier alpha value is -2.72. The number of tetrazole rings is 1. The van der Waals surface area contributed by atoms with E-state index in [-0.39, 0.29) is 24.1 Å². The van der Waals surface area contributed by atoms with Gasteiger partial charge >= 0.3 is 0 Å². The van der Waals surface area contributed by atoms with Crippen LogP contribution in [0, 0.1) is 0 Å². The van der Waals surface area contributed by atoms with Crippen LogP contribution in [0.1, 0.15) is 37.1 Å². The second-order valence-corrected chi connectivity index (χ2v) is 9.17. The Balaban J connectivity index is 1.52. The number of hydrogen-bond donors (Lipinski definition) is 1. The van der Waals surface area contributed by atoms with Crippen LogP contribution in [0.2, 0.25) is 0 Å². The summed E-state index contributed by atoms with van der Waals surface area (Å²) < 4.78 is 1.63. The van der Waals surface area contributed by atoms with Gasteiger partial charge in [0.05, 0.1) is 24.5 Å². The molecule has 10 heteroatoms. The molecular formula is C22H28N6O2S2. The molecule has 0 fully saturated rings. The van der Waals surface area contributed by atoms with Crippen molar-refractivity contribution in [2.24, 2.45) is 0 Å². The summed E-state index contributed by atoms with van der Waals surface area (Å²) in [6, 6.07) is 12.1. The van der Waals surface area contributed by atoms with Gasteiger partial charge in [0.2, 0.25) is 17.0 Å². The van der Waals surface area contributed by atoms with Crippen molar-refractivity contribution >= 4 is 34.9 Å². The third-order valence-corrected chi connectivity index (χ3v) is 6.65. The number of unbranched alkanes of at least 4 members (excludes halogenated alkanes) is 1. The topological polar surface area (TPSA) is 93.0 Å². The lowest BCUT2D eigenvalue weighted by atomic mass is 10.1. The summed E-state index contributed by atoms with van der Waals surface area (Å²) in [5, 5.41) is 17.2. The van der Waals surface area contributed by atoms with E-state index in [1.807, 2.05) is 36.6 Å². The van der Waals surface area contributed by atoms with Crippen molar-refractivity contribution in [2.45, 2.75) is 44.8 Å². The number of benzene rings is 1. The molecule has 2 aromatic heterocycles. The molecular weight excluding hydrogens is 444 g/mol. The average molecular weight is 473 g/mol. The Morgan fingerprint density at radius 3 is 2.69 bits per heavy atom. The van der Waals surface area contributed by atoms with E-state index in [0.29, 0.717) is 18.2 Å². The minimum absolute atomic E-state index is 0.0332. The van der Waals surface area contributed by atoms with E-state index in [2.05, 4.69) is 39.9 Å². The quantitative estimate of drug-likeness (QED) is 0.407. The first-order valence-electron chi connectivity index (χ1n) is 10.7. The molecule has 0 aliphatic rings. The minimum Gasteiger partial charge on any atom is -0.350 e. The number of aryl methyl sites for hydroxylation is 1. The van der Waals surface area contributed by atoms with Gasteiger partial charge < -0.3 is 10.2 Å². The molecule has 0 bridgehead atoms. The molecule has 8 nitrogen and oxygen atoms in total. The fourth-order valence-electron chi connectivity index (χ4n) is 3.04. The number of carbonyl (C=O) groups is 2. The van der Waals surface area contributed by atoms with Crippen LogP contribution in [0.15, 0.2) is 46.9 Å². The third-order valence-electron chi connectivity index (χ3n) is 4.87. The number of aromatic nitrogens is 4. The molecule has 0 aliphatic carbocycles. The minimum atomic E-state index is -0.174. The summed E-state index contributed by atoms with van der Waals surface area (Å²) >= 11 is 2.85. The molecule has 0 unspecified atom stereocenters. The molecule has 3 rings (SSSR count). The zero-order valence-electron chi connectivity index (χ0n) is 18.4. The van der Waals surface area contributed by atoms with Crippen LogP contribution in [-0.2, 0) is 22.6 Å². The molecule has 0 saturated heterocycles. The molecule has 0 radical (unpaired) electrons. The molecule has 0 spiro atoms. The third kappa shape index (κ3) is 6.89. The molecule has 0 saturated carbocycles. The van der Waals surface area contributed by atoms with Crippen molar-refractivity contribution in [1.82, 2.24) is 30.4 Å². The SMILES string of the molecule is CCCCc1ccc(-n2nnnc2SCC(=O)N(CC)CC(=O)NCc2cccs2)cc1. The summed E-state index contributed by atoms with van der Waals surface area (Å²) in [7, 11) is 0. The van der Waals surface area contributed by atoms with Crippen LogP contribution in [0.3, 0.4) is 0 Å².